The molecule has 2 aromatic rings. The molecule has 0 spiro atoms. The molecule has 0 aliphatic carbocycles. The quantitative estimate of drug-likeness (QED) is 0.786. The number of rotatable bonds is 4. The average Bonchev–Trinajstić information content (AvgIpc) is 2.63. The first-order valence-corrected chi connectivity index (χ1v) is 9.03. The van der Waals surface area contributed by atoms with E-state index >= 15 is 0 Å². The molecule has 7 heteroatoms. The molecule has 27 heavy (non-hydrogen) atoms. The smallest absolute Gasteiger partial charge is 0.328 e. The van der Waals surface area contributed by atoms with Crippen LogP contribution in [0.4, 0.5) is 16.2 Å². The molecule has 2 aromatic carbocycles. The number of nitrogens with zero attached hydrogens (tertiary/aromatic N) is 1. The summed E-state index contributed by atoms with van der Waals surface area (Å²) < 4.78 is 0. The third kappa shape index (κ3) is 4.11. The fourth-order valence-electron chi connectivity index (χ4n) is 2.83. The Kier molecular flexibility index (Phi) is 5.46. The van der Waals surface area contributed by atoms with Gasteiger partial charge in [-0.05, 0) is 47.9 Å². The van der Waals surface area contributed by atoms with Crippen molar-refractivity contribution in [3.8, 4) is 0 Å². The van der Waals surface area contributed by atoms with Crippen molar-refractivity contribution in [3.05, 3.63) is 59.1 Å². The van der Waals surface area contributed by atoms with Gasteiger partial charge in [-0.15, -0.1) is 0 Å². The topological polar surface area (TPSA) is 78.5 Å². The largest absolute Gasteiger partial charge is 0.336 e. The van der Waals surface area contributed by atoms with Gasteiger partial charge in [-0.25, -0.2) is 9.69 Å². The molecule has 6 nitrogen and oxygen atoms in total. The fraction of sp³-hybridized carbons (Fsp3) is 0.250. The zero-order valence-electron chi connectivity index (χ0n) is 15.0. The molecule has 1 fully saturated rings. The maximum Gasteiger partial charge on any atom is 0.328 e. The van der Waals surface area contributed by atoms with Crippen molar-refractivity contribution in [1.29, 1.82) is 0 Å². The normalized spacial score (nSPS) is 17.0. The maximum atomic E-state index is 12.8. The summed E-state index contributed by atoms with van der Waals surface area (Å²) in [4.78, 5) is 38.5. The minimum Gasteiger partial charge on any atom is -0.336 e. The molecule has 4 amide bonds. The number of anilines is 2. The highest BCUT2D eigenvalue weighted by Crippen LogP contribution is 2.23. The van der Waals surface area contributed by atoms with Gasteiger partial charge < -0.3 is 10.6 Å². The van der Waals surface area contributed by atoms with Gasteiger partial charge in [0, 0.05) is 17.3 Å². The number of nitrogens with one attached hydrogen (secondary N) is 2. The minimum absolute atomic E-state index is 0.0440. The van der Waals surface area contributed by atoms with Crippen LogP contribution in [0.3, 0.4) is 0 Å². The van der Waals surface area contributed by atoms with E-state index in [2.05, 4.69) is 24.5 Å². The summed E-state index contributed by atoms with van der Waals surface area (Å²) >= 11 is 5.86. The summed E-state index contributed by atoms with van der Waals surface area (Å²) in [5.74, 6) is -1.66. The summed E-state index contributed by atoms with van der Waals surface area (Å²) in [6, 6.07) is 13.2. The zero-order chi connectivity index (χ0) is 19.6. The number of benzene rings is 2. The van der Waals surface area contributed by atoms with Crippen LogP contribution in [0.1, 0.15) is 25.3 Å². The number of carbonyl (C=O) groups excluding carboxylic acids is 3. The molecule has 1 aliphatic heterocycles. The Hall–Kier alpha value is -2.86. The predicted octanol–water partition coefficient (Wildman–Crippen LogP) is 3.77. The van der Waals surface area contributed by atoms with Gasteiger partial charge in [0.05, 0.1) is 5.69 Å². The molecule has 0 radical (unpaired) electrons. The van der Waals surface area contributed by atoms with Crippen molar-refractivity contribution in [2.24, 2.45) is 5.92 Å². The van der Waals surface area contributed by atoms with E-state index in [9.17, 15) is 14.4 Å². The summed E-state index contributed by atoms with van der Waals surface area (Å²) in [5.41, 5.74) is 2.12. The number of hydrogen-bond acceptors (Lipinski definition) is 3. The van der Waals surface area contributed by atoms with Crippen LogP contribution >= 0.6 is 11.6 Å². The van der Waals surface area contributed by atoms with Crippen LogP contribution < -0.4 is 15.5 Å². The van der Waals surface area contributed by atoms with E-state index in [0.29, 0.717) is 22.3 Å². The molecule has 0 aromatic heterocycles. The third-order valence-corrected chi connectivity index (χ3v) is 4.68. The van der Waals surface area contributed by atoms with Gasteiger partial charge in [0.1, 0.15) is 5.92 Å². The van der Waals surface area contributed by atoms with E-state index < -0.39 is 23.8 Å². The molecular weight excluding hydrogens is 366 g/mol. The van der Waals surface area contributed by atoms with Crippen molar-refractivity contribution in [2.45, 2.75) is 19.8 Å². The Morgan fingerprint density at radius 1 is 1.11 bits per heavy atom. The standard InChI is InChI=1S/C20H20ClN3O3/c1-12(2)13-3-7-15(8-4-13)23-18(25)17-11-22-20(27)24(19(17)26)16-9-5-14(21)6-10-16/h3-10,12,17H,11H2,1-2H3,(H,22,27)(H,23,25). The first-order valence-electron chi connectivity index (χ1n) is 8.65. The Morgan fingerprint density at radius 3 is 2.33 bits per heavy atom. The van der Waals surface area contributed by atoms with Crippen LogP contribution in [0, 0.1) is 5.92 Å². The lowest BCUT2D eigenvalue weighted by Crippen LogP contribution is -2.58. The number of hydrogen-bond donors (Lipinski definition) is 2. The van der Waals surface area contributed by atoms with E-state index in [1.165, 1.54) is 0 Å². The lowest BCUT2D eigenvalue weighted by atomic mass is 10.0. The second-order valence-electron chi connectivity index (χ2n) is 6.65. The van der Waals surface area contributed by atoms with E-state index in [4.69, 9.17) is 11.6 Å². The van der Waals surface area contributed by atoms with Crippen LogP contribution in [0.15, 0.2) is 48.5 Å². The van der Waals surface area contributed by atoms with Crippen LogP contribution in [0.2, 0.25) is 5.02 Å². The number of urea groups is 1. The van der Waals surface area contributed by atoms with E-state index in [1.807, 2.05) is 12.1 Å². The molecule has 2 N–H and O–H groups in total. The van der Waals surface area contributed by atoms with Crippen LogP contribution in [0.25, 0.3) is 0 Å². The lowest BCUT2D eigenvalue weighted by molar-refractivity contribution is -0.130. The number of imide groups is 1. The number of carbonyl (C=O) groups is 3. The summed E-state index contributed by atoms with van der Waals surface area (Å²) in [7, 11) is 0. The monoisotopic (exact) mass is 385 g/mol. The zero-order valence-corrected chi connectivity index (χ0v) is 15.8. The summed E-state index contributed by atoms with van der Waals surface area (Å²) in [6.07, 6.45) is 0. The second-order valence-corrected chi connectivity index (χ2v) is 7.09. The maximum absolute atomic E-state index is 12.8. The van der Waals surface area contributed by atoms with Crippen LogP contribution in [0.5, 0.6) is 0 Å². The molecule has 1 aliphatic rings. The van der Waals surface area contributed by atoms with Gasteiger partial charge in [0.2, 0.25) is 11.8 Å². The van der Waals surface area contributed by atoms with Crippen LogP contribution in [-0.2, 0) is 9.59 Å². The first kappa shape index (κ1) is 18.9. The van der Waals surface area contributed by atoms with Crippen molar-refractivity contribution < 1.29 is 14.4 Å². The molecular formula is C20H20ClN3O3. The molecule has 1 heterocycles. The Bertz CT molecular complexity index is 863. The highest BCUT2D eigenvalue weighted by Gasteiger charge is 2.39. The molecule has 0 bridgehead atoms. The van der Waals surface area contributed by atoms with Gasteiger partial charge in [-0.2, -0.15) is 0 Å². The Balaban J connectivity index is 1.75. The van der Waals surface area contributed by atoms with Crippen molar-refractivity contribution >= 4 is 40.8 Å². The molecule has 0 saturated carbocycles. The number of amides is 4. The molecule has 1 atom stereocenters. The van der Waals surface area contributed by atoms with Gasteiger partial charge >= 0.3 is 6.03 Å². The van der Waals surface area contributed by atoms with Crippen molar-refractivity contribution in [3.63, 3.8) is 0 Å². The van der Waals surface area contributed by atoms with Crippen molar-refractivity contribution in [1.82, 2.24) is 5.32 Å². The summed E-state index contributed by atoms with van der Waals surface area (Å²) in [6.45, 7) is 4.13. The highest BCUT2D eigenvalue weighted by atomic mass is 35.5. The first-order chi connectivity index (χ1) is 12.9. The van der Waals surface area contributed by atoms with Crippen LogP contribution in [-0.4, -0.2) is 24.4 Å². The van der Waals surface area contributed by atoms with E-state index in [0.717, 1.165) is 10.5 Å². The second kappa shape index (κ2) is 7.80. The average molecular weight is 386 g/mol. The van der Waals surface area contributed by atoms with Gasteiger partial charge in [-0.3, -0.25) is 9.59 Å². The minimum atomic E-state index is -1.01. The van der Waals surface area contributed by atoms with E-state index in [-0.39, 0.29) is 6.54 Å². The lowest BCUT2D eigenvalue weighted by Gasteiger charge is -2.30. The highest BCUT2D eigenvalue weighted by molar-refractivity contribution is 6.30. The van der Waals surface area contributed by atoms with Gasteiger partial charge in [0.15, 0.2) is 0 Å². The molecule has 1 saturated heterocycles. The molecule has 1 unspecified atom stereocenters. The fourth-order valence-corrected chi connectivity index (χ4v) is 2.96. The van der Waals surface area contributed by atoms with Gasteiger partial charge in [0.25, 0.3) is 0 Å². The molecule has 3 rings (SSSR count). The third-order valence-electron chi connectivity index (χ3n) is 4.43. The van der Waals surface area contributed by atoms with Gasteiger partial charge in [-0.1, -0.05) is 37.6 Å². The SMILES string of the molecule is CC(C)c1ccc(NC(=O)C2CNC(=O)N(c3ccc(Cl)cc3)C2=O)cc1. The summed E-state index contributed by atoms with van der Waals surface area (Å²) in [5, 5.41) is 5.82. The Morgan fingerprint density at radius 2 is 1.74 bits per heavy atom. The predicted molar refractivity (Wildman–Crippen MR) is 105 cm³/mol. The molecule has 140 valence electrons. The Labute approximate surface area is 162 Å². The van der Waals surface area contributed by atoms with E-state index in [1.54, 1.807) is 36.4 Å². The van der Waals surface area contributed by atoms with Crippen molar-refractivity contribution in [2.75, 3.05) is 16.8 Å². The number of halogens is 1.